The van der Waals surface area contributed by atoms with Crippen LogP contribution in [0.3, 0.4) is 0 Å². The summed E-state index contributed by atoms with van der Waals surface area (Å²) < 4.78 is 9.50. The Morgan fingerprint density at radius 2 is 1.48 bits per heavy atom. The van der Waals surface area contributed by atoms with Crippen molar-refractivity contribution in [2.45, 2.75) is 89.5 Å². The van der Waals surface area contributed by atoms with Gasteiger partial charge in [0.1, 0.15) is 17.9 Å². The Morgan fingerprint density at radius 3 is 2.21 bits per heavy atom. The number of methoxy groups -OCH3 is 2. The maximum atomic E-state index is 13.6. The van der Waals surface area contributed by atoms with Crippen molar-refractivity contribution in [1.82, 2.24) is 30.4 Å². The number of carbonyl (C=O) groups is 4. The zero-order chi connectivity index (χ0) is 40.7. The summed E-state index contributed by atoms with van der Waals surface area (Å²) in [5.74, 6) is 0.798. The summed E-state index contributed by atoms with van der Waals surface area (Å²) in [6.07, 6.45) is 7.90. The number of hydrogen-bond donors (Lipinski definition) is 3. The summed E-state index contributed by atoms with van der Waals surface area (Å²) in [5.41, 5.74) is 7.33. The van der Waals surface area contributed by atoms with E-state index in [0.717, 1.165) is 87.9 Å². The van der Waals surface area contributed by atoms with Crippen molar-refractivity contribution in [2.24, 2.45) is 16.8 Å². The molecule has 0 spiro atoms. The number of aromatic nitrogens is 2. The number of nitrogens with one attached hydrogen (secondary N) is 3. The largest absolute Gasteiger partial charge is 0.453 e. The van der Waals surface area contributed by atoms with Crippen LogP contribution in [0.15, 0.2) is 78.1 Å². The van der Waals surface area contributed by atoms with Crippen molar-refractivity contribution in [3.8, 4) is 22.4 Å². The molecule has 3 aliphatic heterocycles. The van der Waals surface area contributed by atoms with E-state index in [1.807, 2.05) is 36.0 Å². The van der Waals surface area contributed by atoms with Crippen molar-refractivity contribution in [3.05, 3.63) is 84.4 Å². The maximum Gasteiger partial charge on any atom is 0.407 e. The molecule has 8 rings (SSSR count). The Morgan fingerprint density at radius 1 is 0.810 bits per heavy atom. The van der Waals surface area contributed by atoms with Gasteiger partial charge in [-0.05, 0) is 96.0 Å². The molecule has 2 bridgehead atoms. The van der Waals surface area contributed by atoms with E-state index >= 15 is 0 Å². The lowest BCUT2D eigenvalue weighted by Crippen LogP contribution is -2.53. The molecule has 58 heavy (non-hydrogen) atoms. The summed E-state index contributed by atoms with van der Waals surface area (Å²) in [5, 5.41) is 7.58. The van der Waals surface area contributed by atoms with Gasteiger partial charge in [0.2, 0.25) is 11.8 Å². The van der Waals surface area contributed by atoms with Crippen molar-refractivity contribution in [2.75, 3.05) is 20.8 Å². The number of hydrogen-bond acceptors (Lipinski definition) is 8. The summed E-state index contributed by atoms with van der Waals surface area (Å²) in [6, 6.07) is 20.0. The smallest absolute Gasteiger partial charge is 0.407 e. The number of imidazole rings is 1. The molecule has 1 aliphatic carbocycles. The first-order valence-corrected chi connectivity index (χ1v) is 20.3. The van der Waals surface area contributed by atoms with Gasteiger partial charge < -0.3 is 34.9 Å². The van der Waals surface area contributed by atoms with Crippen molar-refractivity contribution < 1.29 is 28.7 Å². The zero-order valence-electron chi connectivity index (χ0n) is 33.7. The molecule has 13 nitrogen and oxygen atoms in total. The first-order chi connectivity index (χ1) is 28.0. The molecule has 13 heteroatoms. The highest BCUT2D eigenvalue weighted by atomic mass is 16.5. The van der Waals surface area contributed by atoms with Crippen molar-refractivity contribution >= 4 is 46.1 Å². The molecule has 4 amide bonds. The number of fused-ring (bicyclic) bond motifs is 3. The van der Waals surface area contributed by atoms with Gasteiger partial charge in [0, 0.05) is 36.5 Å². The minimum atomic E-state index is -0.698. The van der Waals surface area contributed by atoms with Crippen molar-refractivity contribution in [1.29, 1.82) is 0 Å². The van der Waals surface area contributed by atoms with Crippen LogP contribution >= 0.6 is 0 Å². The first kappa shape index (κ1) is 38.9. The highest BCUT2D eigenvalue weighted by Crippen LogP contribution is 2.50. The Balaban J connectivity index is 0.922. The molecule has 3 N–H and O–H groups in total. The molecule has 1 aromatic heterocycles. The number of rotatable bonds is 10. The maximum absolute atomic E-state index is 13.6. The van der Waals surface area contributed by atoms with E-state index in [1.54, 1.807) is 6.92 Å². The number of ether oxygens (including phenoxy) is 2. The van der Waals surface area contributed by atoms with Gasteiger partial charge in [0.25, 0.3) is 0 Å². The number of allylic oxidation sites excluding steroid dienone is 1. The fraction of sp³-hybridized carbons (Fsp3) is 0.422. The van der Waals surface area contributed by atoms with Crippen LogP contribution in [0.25, 0.3) is 38.7 Å². The van der Waals surface area contributed by atoms with Gasteiger partial charge >= 0.3 is 12.2 Å². The monoisotopic (exact) mass is 785 g/mol. The first-order valence-electron chi connectivity index (χ1n) is 20.3. The SMILES string of the molecule is COC(=O)N[C@@H](C)C(=O)N1[C@@H]2CC[C@H](C2)[C@H]1c1ncc(-c2ccc3cc(-c4ccc(C5=CN=C([C@@H]6CCCN6C(=O)[C@@H](NC(=O)OC)C(C)C)C5)cc4)ccc3c2)[nH]1. The Bertz CT molecular complexity index is 2300. The third-order valence-electron chi connectivity index (χ3n) is 12.4. The van der Waals surface area contributed by atoms with Gasteiger partial charge in [-0.1, -0.05) is 62.4 Å². The van der Waals surface area contributed by atoms with E-state index in [-0.39, 0.29) is 35.9 Å². The number of nitrogens with zero attached hydrogens (tertiary/aromatic N) is 4. The molecule has 2 saturated heterocycles. The number of amides is 4. The van der Waals surface area contributed by atoms with Crippen LogP contribution in [0, 0.1) is 11.8 Å². The van der Waals surface area contributed by atoms with Gasteiger partial charge in [0.15, 0.2) is 0 Å². The Hall–Kier alpha value is -5.98. The third kappa shape index (κ3) is 7.45. The standard InChI is InChI=1S/C45H51N7O6/c1-25(2)39(50-45(56)58-5)43(54)51-18-6-7-38(51)36-22-34(23-46-36)28-10-8-27(9-11-28)29-12-13-31-20-32(15-14-30(31)19-29)37-24-47-41(49-37)40-33-16-17-35(21-33)52(40)42(53)26(3)48-44(55)57-4/h8-15,19-20,23-26,33,35,38-40H,6-7,16-18,21-22H2,1-5H3,(H,47,49)(H,48,55)(H,50,56)/t26-,33+,35+,38-,39-,40-/m0/s1. The molecule has 3 aromatic carbocycles. The van der Waals surface area contributed by atoms with Gasteiger partial charge in [-0.2, -0.15) is 0 Å². The van der Waals surface area contributed by atoms with Gasteiger partial charge in [-0.3, -0.25) is 14.6 Å². The summed E-state index contributed by atoms with van der Waals surface area (Å²) in [7, 11) is 2.59. The highest BCUT2D eigenvalue weighted by Gasteiger charge is 2.50. The molecule has 302 valence electrons. The molecule has 4 aromatic rings. The number of aliphatic imine (C=N–C) groups is 1. The average molecular weight is 786 g/mol. The number of likely N-dealkylation sites (tertiary alicyclic amines) is 2. The van der Waals surface area contributed by atoms with Gasteiger partial charge in [-0.15, -0.1) is 0 Å². The molecule has 4 aliphatic rings. The van der Waals surface area contributed by atoms with Gasteiger partial charge in [0.05, 0.1) is 38.2 Å². The van der Waals surface area contributed by atoms with E-state index in [9.17, 15) is 19.2 Å². The van der Waals surface area contributed by atoms with Crippen LogP contribution in [0.4, 0.5) is 9.59 Å². The van der Waals surface area contributed by atoms with Crippen LogP contribution in [-0.4, -0.2) is 94.4 Å². The minimum Gasteiger partial charge on any atom is -0.453 e. The summed E-state index contributed by atoms with van der Waals surface area (Å²) >= 11 is 0. The number of aromatic amines is 1. The van der Waals surface area contributed by atoms with E-state index in [2.05, 4.69) is 76.3 Å². The molecule has 4 heterocycles. The highest BCUT2D eigenvalue weighted by molar-refractivity contribution is 6.04. The third-order valence-corrected chi connectivity index (χ3v) is 12.4. The van der Waals surface area contributed by atoms with E-state index in [0.29, 0.717) is 18.9 Å². The number of H-pyrrole nitrogens is 1. The quantitative estimate of drug-likeness (QED) is 0.153. The lowest BCUT2D eigenvalue weighted by molar-refractivity contribution is -0.137. The average Bonchev–Trinajstić information content (AvgIpc) is 4.10. The Labute approximate surface area is 338 Å². The van der Waals surface area contributed by atoms with E-state index in [1.165, 1.54) is 14.2 Å². The molecular formula is C45H51N7O6. The fourth-order valence-electron chi connectivity index (χ4n) is 9.36. The fourth-order valence-corrected chi connectivity index (χ4v) is 9.36. The lowest BCUT2D eigenvalue weighted by atomic mass is 9.95. The number of carbonyl (C=O) groups excluding carboxylic acids is 4. The predicted molar refractivity (Wildman–Crippen MR) is 222 cm³/mol. The Kier molecular flexibility index (Phi) is 10.8. The molecule has 0 radical (unpaired) electrons. The predicted octanol–water partition coefficient (Wildman–Crippen LogP) is 7.25. The molecule has 6 atom stereocenters. The van der Waals surface area contributed by atoms with E-state index in [4.69, 9.17) is 19.5 Å². The van der Waals surface area contributed by atoms with Crippen LogP contribution in [-0.2, 0) is 19.1 Å². The lowest BCUT2D eigenvalue weighted by Gasteiger charge is -2.36. The molecule has 3 fully saturated rings. The topological polar surface area (TPSA) is 158 Å². The van der Waals surface area contributed by atoms with Crippen LogP contribution in [0.2, 0.25) is 0 Å². The number of piperidine rings is 1. The molecule has 0 unspecified atom stereocenters. The molecule has 1 saturated carbocycles. The second-order valence-corrected chi connectivity index (χ2v) is 16.3. The van der Waals surface area contributed by atoms with Crippen LogP contribution in [0.1, 0.15) is 76.7 Å². The second-order valence-electron chi connectivity index (χ2n) is 16.3. The minimum absolute atomic E-state index is 0.0827. The van der Waals surface area contributed by atoms with Gasteiger partial charge in [-0.25, -0.2) is 14.6 Å². The van der Waals surface area contributed by atoms with E-state index < -0.39 is 24.3 Å². The zero-order valence-corrected chi connectivity index (χ0v) is 33.7. The summed E-state index contributed by atoms with van der Waals surface area (Å²) in [6.45, 7) is 6.17. The summed E-state index contributed by atoms with van der Waals surface area (Å²) in [4.78, 5) is 67.8. The van der Waals surface area contributed by atoms with Crippen LogP contribution < -0.4 is 10.6 Å². The number of benzene rings is 3. The molecular weight excluding hydrogens is 735 g/mol. The van der Waals surface area contributed by atoms with Crippen LogP contribution in [0.5, 0.6) is 0 Å². The second kappa shape index (κ2) is 16.1. The van der Waals surface area contributed by atoms with Crippen molar-refractivity contribution in [3.63, 3.8) is 0 Å². The number of alkyl carbamates (subject to hydrolysis) is 2. The normalized spacial score (nSPS) is 22.2.